The van der Waals surface area contributed by atoms with Crippen molar-refractivity contribution in [3.8, 4) is 5.75 Å². The molecular weight excluding hydrogens is 308 g/mol. The minimum atomic E-state index is -0.0183. The monoisotopic (exact) mass is 326 g/mol. The van der Waals surface area contributed by atoms with Gasteiger partial charge in [-0.05, 0) is 66.5 Å². The van der Waals surface area contributed by atoms with E-state index in [0.717, 1.165) is 42.6 Å². The summed E-state index contributed by atoms with van der Waals surface area (Å²) in [6.07, 6.45) is 3.14. The average molecular weight is 327 g/mol. The Bertz CT molecular complexity index is 443. The summed E-state index contributed by atoms with van der Waals surface area (Å²) in [4.78, 5) is 12.2. The Kier molecular flexibility index (Phi) is 5.22. The second kappa shape index (κ2) is 6.91. The Morgan fingerprint density at radius 2 is 2.26 bits per heavy atom. The van der Waals surface area contributed by atoms with E-state index in [0.29, 0.717) is 5.56 Å². The van der Waals surface area contributed by atoms with E-state index in [9.17, 15) is 4.79 Å². The van der Waals surface area contributed by atoms with Crippen LogP contribution in [0.15, 0.2) is 22.7 Å². The first-order valence-corrected chi connectivity index (χ1v) is 7.35. The molecule has 0 aromatic heterocycles. The third-order valence-corrected chi connectivity index (χ3v) is 3.94. The fourth-order valence-electron chi connectivity index (χ4n) is 2.24. The third kappa shape index (κ3) is 3.94. The lowest BCUT2D eigenvalue weighted by Crippen LogP contribution is -2.35. The summed E-state index contributed by atoms with van der Waals surface area (Å²) in [5.41, 5.74) is 0.657. The maximum atomic E-state index is 12.2. The molecule has 104 valence electrons. The predicted octanol–water partition coefficient (Wildman–Crippen LogP) is 2.33. The fourth-order valence-corrected chi connectivity index (χ4v) is 2.78. The van der Waals surface area contributed by atoms with E-state index in [2.05, 4.69) is 26.6 Å². The van der Waals surface area contributed by atoms with Crippen LogP contribution in [0, 0.1) is 0 Å². The standard InChI is InChI=1S/C14H19BrN2O2/c1-19-13-5-4-10(9-12(13)15)14(18)17-11-3-2-7-16-8-6-11/h4-5,9,11,16H,2-3,6-8H2,1H3,(H,17,18). The van der Waals surface area contributed by atoms with Gasteiger partial charge in [0.2, 0.25) is 0 Å². The molecule has 1 saturated heterocycles. The first kappa shape index (κ1) is 14.3. The van der Waals surface area contributed by atoms with Crippen molar-refractivity contribution in [2.24, 2.45) is 0 Å². The Morgan fingerprint density at radius 3 is 3.00 bits per heavy atom. The molecule has 0 bridgehead atoms. The van der Waals surface area contributed by atoms with E-state index in [4.69, 9.17) is 4.74 Å². The molecule has 0 radical (unpaired) electrons. The zero-order valence-corrected chi connectivity index (χ0v) is 12.6. The lowest BCUT2D eigenvalue weighted by molar-refractivity contribution is 0.0934. The highest BCUT2D eigenvalue weighted by Crippen LogP contribution is 2.25. The van der Waals surface area contributed by atoms with Crippen molar-refractivity contribution in [2.75, 3.05) is 20.2 Å². The summed E-state index contributed by atoms with van der Waals surface area (Å²) in [5, 5.41) is 6.44. The van der Waals surface area contributed by atoms with Crippen LogP contribution in [-0.2, 0) is 0 Å². The van der Waals surface area contributed by atoms with Crippen LogP contribution in [0.1, 0.15) is 29.6 Å². The summed E-state index contributed by atoms with van der Waals surface area (Å²) in [6, 6.07) is 5.65. The number of benzene rings is 1. The lowest BCUT2D eigenvalue weighted by atomic mass is 10.1. The van der Waals surface area contributed by atoms with E-state index >= 15 is 0 Å². The van der Waals surface area contributed by atoms with Gasteiger partial charge in [0, 0.05) is 11.6 Å². The molecule has 1 atom stereocenters. The van der Waals surface area contributed by atoms with Crippen molar-refractivity contribution in [1.82, 2.24) is 10.6 Å². The van der Waals surface area contributed by atoms with Crippen molar-refractivity contribution in [1.29, 1.82) is 0 Å². The Hall–Kier alpha value is -1.07. The molecule has 1 heterocycles. The van der Waals surface area contributed by atoms with Crippen LogP contribution in [0.4, 0.5) is 0 Å². The van der Waals surface area contributed by atoms with Gasteiger partial charge in [0.15, 0.2) is 0 Å². The number of methoxy groups -OCH3 is 1. The molecule has 1 aliphatic rings. The van der Waals surface area contributed by atoms with Gasteiger partial charge in [0.25, 0.3) is 5.91 Å². The molecule has 1 fully saturated rings. The Morgan fingerprint density at radius 1 is 1.42 bits per heavy atom. The number of ether oxygens (including phenoxy) is 1. The number of nitrogens with one attached hydrogen (secondary N) is 2. The van der Waals surface area contributed by atoms with Gasteiger partial charge in [-0.2, -0.15) is 0 Å². The maximum absolute atomic E-state index is 12.2. The van der Waals surface area contributed by atoms with E-state index < -0.39 is 0 Å². The zero-order valence-electron chi connectivity index (χ0n) is 11.0. The van der Waals surface area contributed by atoms with Crippen LogP contribution in [0.3, 0.4) is 0 Å². The molecular formula is C14H19BrN2O2. The van der Waals surface area contributed by atoms with Crippen LogP contribution >= 0.6 is 15.9 Å². The van der Waals surface area contributed by atoms with Gasteiger partial charge >= 0.3 is 0 Å². The molecule has 1 amide bonds. The molecule has 19 heavy (non-hydrogen) atoms. The number of carbonyl (C=O) groups is 1. The van der Waals surface area contributed by atoms with E-state index in [1.54, 1.807) is 25.3 Å². The Labute approximate surface area is 122 Å². The van der Waals surface area contributed by atoms with Gasteiger partial charge in [0.1, 0.15) is 5.75 Å². The van der Waals surface area contributed by atoms with Crippen molar-refractivity contribution >= 4 is 21.8 Å². The summed E-state index contributed by atoms with van der Waals surface area (Å²) < 4.78 is 5.96. The normalized spacial score (nSPS) is 19.6. The second-order valence-electron chi connectivity index (χ2n) is 4.70. The molecule has 1 aliphatic heterocycles. The highest BCUT2D eigenvalue weighted by Gasteiger charge is 2.16. The van der Waals surface area contributed by atoms with Gasteiger partial charge < -0.3 is 15.4 Å². The average Bonchev–Trinajstić information content (AvgIpc) is 2.67. The molecule has 2 rings (SSSR count). The van der Waals surface area contributed by atoms with Crippen LogP contribution in [0.5, 0.6) is 5.75 Å². The summed E-state index contributed by atoms with van der Waals surface area (Å²) in [6.45, 7) is 2.01. The third-order valence-electron chi connectivity index (χ3n) is 3.32. The van der Waals surface area contributed by atoms with Crippen LogP contribution in [0.25, 0.3) is 0 Å². The predicted molar refractivity (Wildman–Crippen MR) is 78.7 cm³/mol. The molecule has 1 aromatic rings. The lowest BCUT2D eigenvalue weighted by Gasteiger charge is -2.16. The molecule has 4 nitrogen and oxygen atoms in total. The minimum absolute atomic E-state index is 0.0183. The van der Waals surface area contributed by atoms with E-state index in [1.165, 1.54) is 0 Å². The summed E-state index contributed by atoms with van der Waals surface area (Å²) in [5.74, 6) is 0.713. The molecule has 5 heteroatoms. The quantitative estimate of drug-likeness (QED) is 0.896. The second-order valence-corrected chi connectivity index (χ2v) is 5.55. The van der Waals surface area contributed by atoms with Crippen molar-refractivity contribution in [2.45, 2.75) is 25.3 Å². The zero-order chi connectivity index (χ0) is 13.7. The van der Waals surface area contributed by atoms with Gasteiger partial charge in [0.05, 0.1) is 11.6 Å². The SMILES string of the molecule is COc1ccc(C(=O)NC2CCCNCC2)cc1Br. The smallest absolute Gasteiger partial charge is 0.251 e. The van der Waals surface area contributed by atoms with Crippen LogP contribution in [0.2, 0.25) is 0 Å². The van der Waals surface area contributed by atoms with E-state index in [-0.39, 0.29) is 11.9 Å². The Balaban J connectivity index is 2.00. The largest absolute Gasteiger partial charge is 0.496 e. The summed E-state index contributed by atoms with van der Waals surface area (Å²) >= 11 is 3.40. The number of carbonyl (C=O) groups excluding carboxylic acids is 1. The van der Waals surface area contributed by atoms with Crippen molar-refractivity contribution in [3.05, 3.63) is 28.2 Å². The molecule has 0 aliphatic carbocycles. The van der Waals surface area contributed by atoms with Gasteiger partial charge in [-0.15, -0.1) is 0 Å². The van der Waals surface area contributed by atoms with Gasteiger partial charge in [-0.1, -0.05) is 0 Å². The van der Waals surface area contributed by atoms with Crippen molar-refractivity contribution in [3.63, 3.8) is 0 Å². The number of rotatable bonds is 3. The summed E-state index contributed by atoms with van der Waals surface area (Å²) in [7, 11) is 1.61. The fraction of sp³-hybridized carbons (Fsp3) is 0.500. The first-order chi connectivity index (χ1) is 9.20. The maximum Gasteiger partial charge on any atom is 0.251 e. The number of hydrogen-bond donors (Lipinski definition) is 2. The molecule has 0 spiro atoms. The highest BCUT2D eigenvalue weighted by atomic mass is 79.9. The van der Waals surface area contributed by atoms with E-state index in [1.807, 2.05) is 0 Å². The molecule has 2 N–H and O–H groups in total. The first-order valence-electron chi connectivity index (χ1n) is 6.56. The number of amides is 1. The molecule has 1 aromatic carbocycles. The number of halogens is 1. The van der Waals surface area contributed by atoms with Crippen molar-refractivity contribution < 1.29 is 9.53 Å². The van der Waals surface area contributed by atoms with Crippen LogP contribution < -0.4 is 15.4 Å². The van der Waals surface area contributed by atoms with Gasteiger partial charge in [-0.3, -0.25) is 4.79 Å². The number of hydrogen-bond acceptors (Lipinski definition) is 3. The van der Waals surface area contributed by atoms with Crippen LogP contribution in [-0.4, -0.2) is 32.1 Å². The highest BCUT2D eigenvalue weighted by molar-refractivity contribution is 9.10. The topological polar surface area (TPSA) is 50.4 Å². The molecule has 0 saturated carbocycles. The minimum Gasteiger partial charge on any atom is -0.496 e. The molecule has 1 unspecified atom stereocenters. The van der Waals surface area contributed by atoms with Gasteiger partial charge in [-0.25, -0.2) is 0 Å².